The maximum absolute atomic E-state index is 13.5. The summed E-state index contributed by atoms with van der Waals surface area (Å²) in [6, 6.07) is 5.48. The van der Waals surface area contributed by atoms with Gasteiger partial charge in [-0.05, 0) is 57.0 Å². The van der Waals surface area contributed by atoms with E-state index in [9.17, 15) is 24.0 Å². The van der Waals surface area contributed by atoms with Crippen molar-refractivity contribution in [2.24, 2.45) is 0 Å². The van der Waals surface area contributed by atoms with Crippen molar-refractivity contribution in [1.29, 1.82) is 0 Å². The van der Waals surface area contributed by atoms with Crippen molar-refractivity contribution in [3.8, 4) is 11.1 Å². The van der Waals surface area contributed by atoms with Gasteiger partial charge in [0.1, 0.15) is 0 Å². The molecule has 34 heavy (non-hydrogen) atoms. The zero-order valence-corrected chi connectivity index (χ0v) is 19.3. The van der Waals surface area contributed by atoms with Crippen LogP contribution >= 0.6 is 0 Å². The molecule has 0 atom stereocenters. The first-order chi connectivity index (χ1) is 16.3. The lowest BCUT2D eigenvalue weighted by Gasteiger charge is -2.12. The Kier molecular flexibility index (Phi) is 7.45. The number of hydrogen-bond donors (Lipinski definition) is 0. The van der Waals surface area contributed by atoms with Gasteiger partial charge in [0.15, 0.2) is 5.78 Å². The van der Waals surface area contributed by atoms with Crippen LogP contribution in [-0.2, 0) is 18.9 Å². The van der Waals surface area contributed by atoms with Crippen LogP contribution < -0.4 is 0 Å². The van der Waals surface area contributed by atoms with Crippen LogP contribution in [0.3, 0.4) is 0 Å². The normalized spacial score (nSPS) is 11.4. The number of benzene rings is 2. The van der Waals surface area contributed by atoms with Crippen LogP contribution in [0.4, 0.5) is 0 Å². The number of esters is 4. The molecule has 1 aliphatic carbocycles. The van der Waals surface area contributed by atoms with E-state index in [-0.39, 0.29) is 59.8 Å². The molecule has 0 N–H and O–H groups in total. The molecule has 178 valence electrons. The lowest BCUT2D eigenvalue weighted by atomic mass is 9.95. The summed E-state index contributed by atoms with van der Waals surface area (Å²) in [5.41, 5.74) is 0.0998. The molecule has 0 fully saturated rings. The second kappa shape index (κ2) is 10.3. The summed E-state index contributed by atoms with van der Waals surface area (Å²) in [6.45, 7) is 6.66. The summed E-state index contributed by atoms with van der Waals surface area (Å²) >= 11 is 0. The van der Waals surface area contributed by atoms with Gasteiger partial charge in [0.25, 0.3) is 0 Å². The van der Waals surface area contributed by atoms with Gasteiger partial charge in [-0.2, -0.15) is 0 Å². The largest absolute Gasteiger partial charge is 0.462 e. The summed E-state index contributed by atoms with van der Waals surface area (Å²) in [6.07, 6.45) is 0. The average Bonchev–Trinajstić information content (AvgIpc) is 3.09. The molecule has 0 amide bonds. The molecular weight excluding hydrogens is 444 g/mol. The van der Waals surface area contributed by atoms with E-state index in [2.05, 4.69) is 0 Å². The first kappa shape index (κ1) is 24.6. The second-order valence-corrected chi connectivity index (χ2v) is 7.07. The molecular formula is C25H24O9. The van der Waals surface area contributed by atoms with Crippen LogP contribution in [0.2, 0.25) is 0 Å². The molecule has 9 nitrogen and oxygen atoms in total. The van der Waals surface area contributed by atoms with Crippen LogP contribution in [0.1, 0.15) is 85.0 Å². The van der Waals surface area contributed by atoms with Gasteiger partial charge >= 0.3 is 23.9 Å². The Morgan fingerprint density at radius 3 is 1.53 bits per heavy atom. The molecule has 0 bridgehead atoms. The van der Waals surface area contributed by atoms with Gasteiger partial charge < -0.3 is 18.9 Å². The number of rotatable bonds is 8. The smallest absolute Gasteiger partial charge is 0.339 e. The zero-order valence-electron chi connectivity index (χ0n) is 19.3. The molecule has 1 aliphatic rings. The van der Waals surface area contributed by atoms with Gasteiger partial charge in [0.2, 0.25) is 0 Å². The fourth-order valence-corrected chi connectivity index (χ4v) is 3.76. The maximum atomic E-state index is 13.5. The topological polar surface area (TPSA) is 122 Å². The Morgan fingerprint density at radius 1 is 0.588 bits per heavy atom. The molecule has 9 heteroatoms. The van der Waals surface area contributed by atoms with E-state index in [0.717, 1.165) is 0 Å². The number of fused-ring (bicyclic) bond motifs is 3. The molecule has 0 heterocycles. The van der Waals surface area contributed by atoms with E-state index in [1.54, 1.807) is 27.7 Å². The van der Waals surface area contributed by atoms with E-state index in [1.807, 2.05) is 0 Å². The average molecular weight is 468 g/mol. The van der Waals surface area contributed by atoms with E-state index in [0.29, 0.717) is 11.1 Å². The molecule has 0 spiro atoms. The Hall–Kier alpha value is -4.01. The van der Waals surface area contributed by atoms with Crippen LogP contribution in [-0.4, -0.2) is 56.1 Å². The Morgan fingerprint density at radius 2 is 1.03 bits per heavy atom. The predicted octanol–water partition coefficient (Wildman–Crippen LogP) is 3.60. The Balaban J connectivity index is 2.29. The van der Waals surface area contributed by atoms with Gasteiger partial charge in [-0.1, -0.05) is 6.07 Å². The summed E-state index contributed by atoms with van der Waals surface area (Å²) in [5.74, 6) is -3.80. The number of hydrogen-bond acceptors (Lipinski definition) is 9. The molecule has 0 saturated heterocycles. The highest BCUT2D eigenvalue weighted by Crippen LogP contribution is 2.41. The molecule has 0 saturated carbocycles. The van der Waals surface area contributed by atoms with E-state index >= 15 is 0 Å². The maximum Gasteiger partial charge on any atom is 0.339 e. The molecule has 0 unspecified atom stereocenters. The lowest BCUT2D eigenvalue weighted by molar-refractivity contribution is 0.0477. The molecule has 0 radical (unpaired) electrons. The first-order valence-corrected chi connectivity index (χ1v) is 10.9. The van der Waals surface area contributed by atoms with Crippen molar-refractivity contribution in [3.63, 3.8) is 0 Å². The summed E-state index contributed by atoms with van der Waals surface area (Å²) in [5, 5.41) is 0. The van der Waals surface area contributed by atoms with E-state index < -0.39 is 29.7 Å². The standard InChI is InChI=1S/C25H24O9/c1-5-31-22(27)14-10-9-13-15-11-17(23(28)32-6-2)18(24(29)33-7-3)12-16(15)21(26)19(13)20(14)25(30)34-8-4/h9-12H,5-8H2,1-4H3. The number of ether oxygens (including phenoxy) is 4. The molecule has 3 rings (SSSR count). The minimum Gasteiger partial charge on any atom is -0.462 e. The van der Waals surface area contributed by atoms with Crippen molar-refractivity contribution < 1.29 is 42.9 Å². The number of carbonyl (C=O) groups is 5. The van der Waals surface area contributed by atoms with Gasteiger partial charge in [-0.3, -0.25) is 4.79 Å². The summed E-state index contributed by atoms with van der Waals surface area (Å²) < 4.78 is 20.3. The quantitative estimate of drug-likeness (QED) is 0.360. The van der Waals surface area contributed by atoms with Gasteiger partial charge in [0, 0.05) is 11.1 Å². The van der Waals surface area contributed by atoms with Crippen molar-refractivity contribution >= 4 is 29.7 Å². The highest BCUT2D eigenvalue weighted by Gasteiger charge is 2.37. The fraction of sp³-hybridized carbons (Fsp3) is 0.320. The van der Waals surface area contributed by atoms with E-state index in [1.165, 1.54) is 24.3 Å². The van der Waals surface area contributed by atoms with Crippen LogP contribution in [0, 0.1) is 0 Å². The lowest BCUT2D eigenvalue weighted by Crippen LogP contribution is -2.18. The van der Waals surface area contributed by atoms with Crippen molar-refractivity contribution in [1.82, 2.24) is 0 Å². The van der Waals surface area contributed by atoms with Crippen molar-refractivity contribution in [3.05, 3.63) is 57.6 Å². The molecule has 2 aromatic carbocycles. The second-order valence-electron chi connectivity index (χ2n) is 7.07. The minimum absolute atomic E-state index is 0.0198. The van der Waals surface area contributed by atoms with Crippen LogP contribution in [0.5, 0.6) is 0 Å². The SMILES string of the molecule is CCOC(=O)c1cc2c(cc1C(=O)OCC)-c1ccc(C(=O)OCC)c(C(=O)OCC)c1C2=O. The predicted molar refractivity (Wildman–Crippen MR) is 119 cm³/mol. The first-order valence-electron chi connectivity index (χ1n) is 10.9. The third-order valence-corrected chi connectivity index (χ3v) is 5.09. The van der Waals surface area contributed by atoms with Crippen molar-refractivity contribution in [2.45, 2.75) is 27.7 Å². The number of ketones is 1. The summed E-state index contributed by atoms with van der Waals surface area (Å²) in [4.78, 5) is 63.9. The monoisotopic (exact) mass is 468 g/mol. The van der Waals surface area contributed by atoms with Gasteiger partial charge in [0.05, 0.1) is 48.7 Å². The Labute approximate surface area is 195 Å². The summed E-state index contributed by atoms with van der Waals surface area (Å²) in [7, 11) is 0. The van der Waals surface area contributed by atoms with Crippen LogP contribution in [0.25, 0.3) is 11.1 Å². The fourth-order valence-electron chi connectivity index (χ4n) is 3.76. The third kappa shape index (κ3) is 4.28. The zero-order chi connectivity index (χ0) is 25.0. The number of carbonyl (C=O) groups excluding carboxylic acids is 5. The molecule has 2 aromatic rings. The van der Waals surface area contributed by atoms with E-state index in [4.69, 9.17) is 18.9 Å². The minimum atomic E-state index is -0.861. The van der Waals surface area contributed by atoms with Gasteiger partial charge in [-0.15, -0.1) is 0 Å². The Bertz CT molecular complexity index is 1190. The third-order valence-electron chi connectivity index (χ3n) is 5.09. The van der Waals surface area contributed by atoms with Crippen molar-refractivity contribution in [2.75, 3.05) is 26.4 Å². The highest BCUT2D eigenvalue weighted by molar-refractivity contribution is 6.28. The molecule has 0 aromatic heterocycles. The van der Waals surface area contributed by atoms with Gasteiger partial charge in [-0.25, -0.2) is 19.2 Å². The highest BCUT2D eigenvalue weighted by atomic mass is 16.5. The van der Waals surface area contributed by atoms with Crippen LogP contribution in [0.15, 0.2) is 24.3 Å². The molecule has 0 aliphatic heterocycles.